The van der Waals surface area contributed by atoms with E-state index in [1.807, 2.05) is 0 Å². The van der Waals surface area contributed by atoms with Gasteiger partial charge in [-0.3, -0.25) is 14.5 Å². The van der Waals surface area contributed by atoms with Crippen LogP contribution in [0.1, 0.15) is 6.42 Å². The van der Waals surface area contributed by atoms with Crippen LogP contribution in [0, 0.1) is 5.82 Å². The highest BCUT2D eigenvalue weighted by Crippen LogP contribution is 2.35. The second kappa shape index (κ2) is 10.1. The summed E-state index contributed by atoms with van der Waals surface area (Å²) in [6, 6.07) is 19.7. The lowest BCUT2D eigenvalue weighted by Gasteiger charge is -2.16. The topological polar surface area (TPSA) is 95.9 Å². The number of thioether (sulfide) groups is 1. The highest BCUT2D eigenvalue weighted by Gasteiger charge is 2.41. The summed E-state index contributed by atoms with van der Waals surface area (Å²) in [7, 11) is -4.11. The third-order valence-corrected chi connectivity index (χ3v) is 7.82. The number of hydrogen-bond acceptors (Lipinski definition) is 5. The van der Waals surface area contributed by atoms with Gasteiger partial charge >= 0.3 is 0 Å². The van der Waals surface area contributed by atoms with Crippen molar-refractivity contribution in [2.24, 2.45) is 4.40 Å². The highest BCUT2D eigenvalue weighted by atomic mass is 79.9. The fourth-order valence-electron chi connectivity index (χ4n) is 3.15. The average Bonchev–Trinajstić information content (AvgIpc) is 3.10. The normalized spacial score (nSPS) is 17.2. The maximum atomic E-state index is 13.2. The van der Waals surface area contributed by atoms with E-state index in [1.54, 1.807) is 42.5 Å². The molecule has 3 aromatic carbocycles. The summed E-state index contributed by atoms with van der Waals surface area (Å²) in [6.07, 6.45) is -0.221. The Morgan fingerprint density at radius 1 is 1.03 bits per heavy atom. The lowest BCUT2D eigenvalue weighted by molar-refractivity contribution is -0.121. The maximum Gasteiger partial charge on any atom is 0.284 e. The van der Waals surface area contributed by atoms with Gasteiger partial charge in [0.05, 0.1) is 10.6 Å². The fourth-order valence-corrected chi connectivity index (χ4v) is 5.75. The van der Waals surface area contributed by atoms with Crippen LogP contribution in [0.3, 0.4) is 0 Å². The fraction of sp³-hybridized carbons (Fsp3) is 0.0870. The van der Waals surface area contributed by atoms with E-state index >= 15 is 0 Å². The van der Waals surface area contributed by atoms with E-state index in [-0.39, 0.29) is 16.5 Å². The van der Waals surface area contributed by atoms with Crippen molar-refractivity contribution in [2.45, 2.75) is 16.6 Å². The largest absolute Gasteiger partial charge is 0.326 e. The van der Waals surface area contributed by atoms with E-state index in [0.717, 1.165) is 11.8 Å². The Labute approximate surface area is 208 Å². The number of anilines is 2. The van der Waals surface area contributed by atoms with Gasteiger partial charge in [-0.15, -0.1) is 4.40 Å². The highest BCUT2D eigenvalue weighted by molar-refractivity contribution is 9.10. The van der Waals surface area contributed by atoms with Gasteiger partial charge in [-0.25, -0.2) is 4.39 Å². The summed E-state index contributed by atoms with van der Waals surface area (Å²) in [5, 5.41) is 1.68. The molecule has 1 aliphatic heterocycles. The Morgan fingerprint density at radius 3 is 2.32 bits per heavy atom. The van der Waals surface area contributed by atoms with Gasteiger partial charge in [0.1, 0.15) is 11.1 Å². The Hall–Kier alpha value is -3.02. The number of rotatable bonds is 6. The predicted octanol–water partition coefficient (Wildman–Crippen LogP) is 4.81. The second-order valence-electron chi connectivity index (χ2n) is 7.18. The molecule has 0 bridgehead atoms. The van der Waals surface area contributed by atoms with Gasteiger partial charge in [0.15, 0.2) is 5.17 Å². The number of carbonyl (C=O) groups excluding carboxylic acids is 2. The van der Waals surface area contributed by atoms with Crippen LogP contribution in [0.4, 0.5) is 15.8 Å². The molecule has 1 fully saturated rings. The van der Waals surface area contributed by atoms with Crippen molar-refractivity contribution >= 4 is 66.1 Å². The van der Waals surface area contributed by atoms with Gasteiger partial charge in [-0.2, -0.15) is 8.42 Å². The van der Waals surface area contributed by atoms with Gasteiger partial charge in [-0.1, -0.05) is 45.9 Å². The molecule has 0 radical (unpaired) electrons. The number of benzene rings is 3. The van der Waals surface area contributed by atoms with Gasteiger partial charge in [0, 0.05) is 16.6 Å². The summed E-state index contributed by atoms with van der Waals surface area (Å²) in [4.78, 5) is 26.9. The first-order valence-electron chi connectivity index (χ1n) is 9.94. The zero-order valence-corrected chi connectivity index (χ0v) is 20.6. The molecule has 34 heavy (non-hydrogen) atoms. The van der Waals surface area contributed by atoms with Crippen LogP contribution in [0.5, 0.6) is 0 Å². The number of nitrogens with zero attached hydrogens (tertiary/aromatic N) is 2. The SMILES string of the molecule is O=C(CC1S/C(=N/S(=O)(=O)c2ccc(Br)cc2)N(c2ccccc2)C1=O)Nc1ccc(F)cc1. The van der Waals surface area contributed by atoms with Crippen LogP contribution >= 0.6 is 27.7 Å². The summed E-state index contributed by atoms with van der Waals surface area (Å²) in [5.74, 6) is -1.37. The number of nitrogens with one attached hydrogen (secondary N) is 1. The molecule has 1 aliphatic rings. The first-order valence-corrected chi connectivity index (χ1v) is 13.1. The van der Waals surface area contributed by atoms with Gasteiger partial charge < -0.3 is 5.32 Å². The maximum absolute atomic E-state index is 13.2. The molecule has 174 valence electrons. The molecule has 2 amide bonds. The third kappa shape index (κ3) is 5.54. The van der Waals surface area contributed by atoms with E-state index in [1.165, 1.54) is 41.3 Å². The van der Waals surface area contributed by atoms with Crippen molar-refractivity contribution in [3.05, 3.63) is 89.2 Å². The monoisotopic (exact) mass is 561 g/mol. The summed E-state index contributed by atoms with van der Waals surface area (Å²) >= 11 is 4.17. The molecule has 0 aliphatic carbocycles. The van der Waals surface area contributed by atoms with Gasteiger partial charge in [0.25, 0.3) is 10.0 Å². The minimum atomic E-state index is -4.11. The standard InChI is InChI=1S/C23H17BrFN3O4S2/c24-15-6-12-19(13-7-15)34(31,32)27-23-28(18-4-2-1-3-5-18)22(30)20(33-23)14-21(29)26-17-10-8-16(25)9-11-17/h1-13,20H,14H2,(H,26,29)/b27-23+. The van der Waals surface area contributed by atoms with Crippen LogP contribution in [0.25, 0.3) is 0 Å². The molecular formula is C23H17BrFN3O4S2. The van der Waals surface area contributed by atoms with Crippen LogP contribution < -0.4 is 10.2 Å². The molecule has 4 rings (SSSR count). The summed E-state index contributed by atoms with van der Waals surface area (Å²) < 4.78 is 43.6. The van der Waals surface area contributed by atoms with Gasteiger partial charge in [-0.05, 0) is 60.7 Å². The van der Waals surface area contributed by atoms with E-state index in [2.05, 4.69) is 25.6 Å². The lowest BCUT2D eigenvalue weighted by atomic mass is 10.2. The Balaban J connectivity index is 1.61. The smallest absolute Gasteiger partial charge is 0.284 e. The minimum absolute atomic E-state index is 0.0261. The van der Waals surface area contributed by atoms with Crippen molar-refractivity contribution in [3.63, 3.8) is 0 Å². The molecule has 0 aromatic heterocycles. The second-order valence-corrected chi connectivity index (χ2v) is 10.9. The molecule has 3 aromatic rings. The molecular weight excluding hydrogens is 545 g/mol. The number of hydrogen-bond donors (Lipinski definition) is 1. The van der Waals surface area contributed by atoms with Crippen molar-refractivity contribution in [1.82, 2.24) is 0 Å². The average molecular weight is 562 g/mol. The number of sulfonamides is 1. The number of amides is 2. The lowest BCUT2D eigenvalue weighted by Crippen LogP contribution is -2.33. The number of halogens is 2. The van der Waals surface area contributed by atoms with Crippen LogP contribution in [0.2, 0.25) is 0 Å². The van der Waals surface area contributed by atoms with Crippen molar-refractivity contribution in [1.29, 1.82) is 0 Å². The van der Waals surface area contributed by atoms with Crippen molar-refractivity contribution in [2.75, 3.05) is 10.2 Å². The van der Waals surface area contributed by atoms with E-state index in [4.69, 9.17) is 0 Å². The molecule has 1 saturated heterocycles. The van der Waals surface area contributed by atoms with E-state index in [0.29, 0.717) is 15.8 Å². The van der Waals surface area contributed by atoms with E-state index in [9.17, 15) is 22.4 Å². The molecule has 0 saturated carbocycles. The number of para-hydroxylation sites is 1. The molecule has 1 N–H and O–H groups in total. The predicted molar refractivity (Wildman–Crippen MR) is 134 cm³/mol. The zero-order chi connectivity index (χ0) is 24.3. The molecule has 7 nitrogen and oxygen atoms in total. The molecule has 0 spiro atoms. The first kappa shape index (κ1) is 24.1. The summed E-state index contributed by atoms with van der Waals surface area (Å²) in [5.41, 5.74) is 0.819. The van der Waals surface area contributed by atoms with E-state index < -0.39 is 32.9 Å². The Bertz CT molecular complexity index is 1350. The van der Waals surface area contributed by atoms with Crippen molar-refractivity contribution in [3.8, 4) is 0 Å². The Kier molecular flexibility index (Phi) is 7.15. The zero-order valence-electron chi connectivity index (χ0n) is 17.4. The first-order chi connectivity index (χ1) is 16.2. The molecule has 1 unspecified atom stereocenters. The van der Waals surface area contributed by atoms with Gasteiger partial charge in [0.2, 0.25) is 11.8 Å². The molecule has 11 heteroatoms. The van der Waals surface area contributed by atoms with Crippen LogP contribution in [0.15, 0.2) is 92.6 Å². The molecule has 1 atom stereocenters. The van der Waals surface area contributed by atoms with Crippen LogP contribution in [-0.2, 0) is 19.6 Å². The third-order valence-electron chi connectivity index (χ3n) is 4.76. The number of amidine groups is 1. The van der Waals surface area contributed by atoms with Crippen LogP contribution in [-0.4, -0.2) is 30.6 Å². The minimum Gasteiger partial charge on any atom is -0.326 e. The Morgan fingerprint density at radius 2 is 1.68 bits per heavy atom. The quantitative estimate of drug-likeness (QED) is 0.466. The van der Waals surface area contributed by atoms with Crippen molar-refractivity contribution < 1.29 is 22.4 Å². The number of carbonyl (C=O) groups is 2. The molecule has 1 heterocycles. The summed E-state index contributed by atoms with van der Waals surface area (Å²) in [6.45, 7) is 0.